The van der Waals surface area contributed by atoms with Crippen molar-refractivity contribution in [3.8, 4) is 0 Å². The van der Waals surface area contributed by atoms with Gasteiger partial charge >= 0.3 is 0 Å². The molecule has 0 bridgehead atoms. The lowest BCUT2D eigenvalue weighted by Crippen LogP contribution is -2.43. The molecule has 3 rings (SSSR count). The van der Waals surface area contributed by atoms with Crippen molar-refractivity contribution >= 4 is 11.7 Å². The fourth-order valence-corrected chi connectivity index (χ4v) is 2.78. The van der Waals surface area contributed by atoms with Crippen molar-refractivity contribution in [3.63, 3.8) is 0 Å². The Morgan fingerprint density at radius 3 is 2.92 bits per heavy atom. The number of nitrogens with one attached hydrogen (secondary N) is 1. The molecule has 25 heavy (non-hydrogen) atoms. The number of H-pyrrole nitrogens is 1. The van der Waals surface area contributed by atoms with Gasteiger partial charge in [-0.15, -0.1) is 0 Å². The van der Waals surface area contributed by atoms with E-state index in [1.807, 2.05) is 32.8 Å². The number of aromatic nitrogens is 4. The van der Waals surface area contributed by atoms with Crippen LogP contribution in [0.25, 0.3) is 0 Å². The van der Waals surface area contributed by atoms with Gasteiger partial charge in [0.25, 0.3) is 5.91 Å². The quantitative estimate of drug-likeness (QED) is 0.906. The molecule has 1 aliphatic rings. The number of nitrogens with zero attached hydrogens (tertiary/aromatic N) is 5. The van der Waals surface area contributed by atoms with Crippen LogP contribution in [-0.2, 0) is 4.74 Å². The molecule has 1 fully saturated rings. The Balaban J connectivity index is 1.78. The highest BCUT2D eigenvalue weighted by molar-refractivity contribution is 5.98. The van der Waals surface area contributed by atoms with Crippen LogP contribution in [0.3, 0.4) is 0 Å². The van der Waals surface area contributed by atoms with E-state index in [9.17, 15) is 4.79 Å². The number of carbonyl (C=O) groups is 1. The van der Waals surface area contributed by atoms with Crippen LogP contribution in [0.15, 0.2) is 18.3 Å². The summed E-state index contributed by atoms with van der Waals surface area (Å²) in [6.07, 6.45) is 1.40. The molecule has 1 saturated heterocycles. The van der Waals surface area contributed by atoms with Crippen molar-refractivity contribution < 1.29 is 9.53 Å². The van der Waals surface area contributed by atoms with Crippen LogP contribution >= 0.6 is 0 Å². The van der Waals surface area contributed by atoms with Crippen molar-refractivity contribution in [1.82, 2.24) is 25.1 Å². The molecule has 134 valence electrons. The van der Waals surface area contributed by atoms with Gasteiger partial charge in [-0.1, -0.05) is 13.8 Å². The van der Waals surface area contributed by atoms with Crippen LogP contribution in [0.4, 0.5) is 5.82 Å². The zero-order chi connectivity index (χ0) is 18.0. The molecule has 0 saturated carbocycles. The average molecular weight is 344 g/mol. The SMILES string of the molecule is CC(C)c1n[nH]c(C2CN(C(=O)c3cccnc3N(C)C)CCO2)n1. The molecule has 1 aliphatic heterocycles. The molecule has 2 aromatic heterocycles. The van der Waals surface area contributed by atoms with Crippen LogP contribution in [0.5, 0.6) is 0 Å². The number of anilines is 1. The fraction of sp³-hybridized carbons (Fsp3) is 0.529. The molecular formula is C17H24N6O2. The van der Waals surface area contributed by atoms with E-state index in [1.165, 1.54) is 0 Å². The predicted molar refractivity (Wildman–Crippen MR) is 93.6 cm³/mol. The summed E-state index contributed by atoms with van der Waals surface area (Å²) in [7, 11) is 3.76. The molecule has 3 heterocycles. The number of pyridine rings is 1. The Morgan fingerprint density at radius 2 is 2.24 bits per heavy atom. The largest absolute Gasteiger partial charge is 0.367 e. The third-order valence-electron chi connectivity index (χ3n) is 4.14. The van der Waals surface area contributed by atoms with E-state index in [1.54, 1.807) is 23.2 Å². The maximum absolute atomic E-state index is 13.0. The second-order valence-electron chi connectivity index (χ2n) is 6.61. The summed E-state index contributed by atoms with van der Waals surface area (Å²) in [4.78, 5) is 25.4. The smallest absolute Gasteiger partial charge is 0.257 e. The summed E-state index contributed by atoms with van der Waals surface area (Å²) in [5.41, 5.74) is 0.591. The van der Waals surface area contributed by atoms with Crippen LogP contribution in [-0.4, -0.2) is 64.8 Å². The normalized spacial score (nSPS) is 17.8. The van der Waals surface area contributed by atoms with Gasteiger partial charge in [-0.05, 0) is 12.1 Å². The zero-order valence-electron chi connectivity index (χ0n) is 15.1. The van der Waals surface area contributed by atoms with E-state index in [-0.39, 0.29) is 17.9 Å². The molecule has 0 aliphatic carbocycles. The summed E-state index contributed by atoms with van der Waals surface area (Å²) in [5.74, 6) is 2.28. The first-order valence-corrected chi connectivity index (χ1v) is 8.42. The minimum Gasteiger partial charge on any atom is -0.367 e. The molecule has 1 atom stereocenters. The molecule has 1 unspecified atom stereocenters. The molecule has 1 N–H and O–H groups in total. The number of hydrogen-bond donors (Lipinski definition) is 1. The standard InChI is InChI=1S/C17H24N6O2/c1-11(2)14-19-15(21-20-14)13-10-23(8-9-25-13)17(24)12-6-5-7-18-16(12)22(3)4/h5-7,11,13H,8-10H2,1-4H3,(H,19,20,21). The van der Waals surface area contributed by atoms with E-state index in [0.29, 0.717) is 36.9 Å². The Kier molecular flexibility index (Phi) is 4.98. The molecule has 8 heteroatoms. The highest BCUT2D eigenvalue weighted by Crippen LogP contribution is 2.24. The van der Waals surface area contributed by atoms with Gasteiger partial charge < -0.3 is 14.5 Å². The van der Waals surface area contributed by atoms with Gasteiger partial charge in [0.1, 0.15) is 11.9 Å². The second-order valence-corrected chi connectivity index (χ2v) is 6.61. The van der Waals surface area contributed by atoms with Crippen LogP contribution < -0.4 is 4.90 Å². The summed E-state index contributed by atoms with van der Waals surface area (Å²) < 4.78 is 5.80. The topological polar surface area (TPSA) is 87.2 Å². The van der Waals surface area contributed by atoms with Crippen LogP contribution in [0.1, 0.15) is 47.9 Å². The van der Waals surface area contributed by atoms with Crippen molar-refractivity contribution in [2.75, 3.05) is 38.7 Å². The fourth-order valence-electron chi connectivity index (χ4n) is 2.78. The van der Waals surface area contributed by atoms with Gasteiger partial charge in [0.2, 0.25) is 0 Å². The van der Waals surface area contributed by atoms with Crippen molar-refractivity contribution in [1.29, 1.82) is 0 Å². The monoisotopic (exact) mass is 344 g/mol. The minimum absolute atomic E-state index is 0.0475. The first-order valence-electron chi connectivity index (χ1n) is 8.42. The maximum atomic E-state index is 13.0. The Morgan fingerprint density at radius 1 is 1.44 bits per heavy atom. The zero-order valence-corrected chi connectivity index (χ0v) is 15.1. The molecule has 0 spiro atoms. The second kappa shape index (κ2) is 7.18. The van der Waals surface area contributed by atoms with E-state index < -0.39 is 0 Å². The van der Waals surface area contributed by atoms with Gasteiger partial charge in [-0.25, -0.2) is 9.97 Å². The van der Waals surface area contributed by atoms with Gasteiger partial charge in [0.15, 0.2) is 11.6 Å². The number of amides is 1. The highest BCUT2D eigenvalue weighted by atomic mass is 16.5. The number of morpholine rings is 1. The van der Waals surface area contributed by atoms with Gasteiger partial charge in [0, 0.05) is 32.8 Å². The van der Waals surface area contributed by atoms with E-state index >= 15 is 0 Å². The number of rotatable bonds is 4. The van der Waals surface area contributed by atoms with E-state index in [2.05, 4.69) is 20.2 Å². The molecular weight excluding hydrogens is 320 g/mol. The summed E-state index contributed by atoms with van der Waals surface area (Å²) in [6.45, 7) is 5.52. The number of ether oxygens (including phenoxy) is 1. The number of aromatic amines is 1. The van der Waals surface area contributed by atoms with Crippen molar-refractivity contribution in [3.05, 3.63) is 35.5 Å². The highest BCUT2D eigenvalue weighted by Gasteiger charge is 2.30. The van der Waals surface area contributed by atoms with Crippen LogP contribution in [0.2, 0.25) is 0 Å². The molecule has 8 nitrogen and oxygen atoms in total. The van der Waals surface area contributed by atoms with Gasteiger partial charge in [-0.2, -0.15) is 5.10 Å². The van der Waals surface area contributed by atoms with E-state index in [4.69, 9.17) is 4.74 Å². The average Bonchev–Trinajstić information content (AvgIpc) is 3.11. The Bertz CT molecular complexity index is 742. The van der Waals surface area contributed by atoms with Crippen LogP contribution in [0, 0.1) is 0 Å². The lowest BCUT2D eigenvalue weighted by molar-refractivity contribution is -0.0266. The van der Waals surface area contributed by atoms with Crippen molar-refractivity contribution in [2.24, 2.45) is 0 Å². The third kappa shape index (κ3) is 3.63. The minimum atomic E-state index is -0.294. The number of hydrogen-bond acceptors (Lipinski definition) is 6. The van der Waals surface area contributed by atoms with Gasteiger partial charge in [-0.3, -0.25) is 9.89 Å². The third-order valence-corrected chi connectivity index (χ3v) is 4.14. The molecule has 0 aromatic carbocycles. The summed E-state index contributed by atoms with van der Waals surface area (Å²) in [5, 5.41) is 7.16. The van der Waals surface area contributed by atoms with Crippen molar-refractivity contribution in [2.45, 2.75) is 25.9 Å². The first-order chi connectivity index (χ1) is 12.0. The molecule has 0 radical (unpaired) electrons. The summed E-state index contributed by atoms with van der Waals surface area (Å²) in [6, 6.07) is 3.59. The first kappa shape index (κ1) is 17.3. The Labute approximate surface area is 147 Å². The number of carbonyl (C=O) groups excluding carboxylic acids is 1. The molecule has 2 aromatic rings. The van der Waals surface area contributed by atoms with Gasteiger partial charge in [0.05, 0.1) is 18.7 Å². The van der Waals surface area contributed by atoms with E-state index in [0.717, 1.165) is 5.82 Å². The Hall–Kier alpha value is -2.48. The molecule has 1 amide bonds. The lowest BCUT2D eigenvalue weighted by atomic mass is 10.1. The predicted octanol–water partition coefficient (Wildman–Crippen LogP) is 1.60. The maximum Gasteiger partial charge on any atom is 0.257 e. The summed E-state index contributed by atoms with van der Waals surface area (Å²) >= 11 is 0. The lowest BCUT2D eigenvalue weighted by Gasteiger charge is -2.32.